The van der Waals surface area contributed by atoms with Crippen LogP contribution in [0, 0.1) is 6.92 Å². The van der Waals surface area contributed by atoms with Crippen LogP contribution in [-0.4, -0.2) is 22.2 Å². The summed E-state index contributed by atoms with van der Waals surface area (Å²) in [5.41, 5.74) is 2.47. The maximum atomic E-state index is 12.3. The molecule has 1 heterocycles. The Hall–Kier alpha value is -1.95. The predicted molar refractivity (Wildman–Crippen MR) is 95.9 cm³/mol. The summed E-state index contributed by atoms with van der Waals surface area (Å²) in [4.78, 5) is 12.3. The molecule has 1 fully saturated rings. The molecule has 0 saturated heterocycles. The fourth-order valence-electron chi connectivity index (χ4n) is 2.61. The number of benzene rings is 1. The van der Waals surface area contributed by atoms with Crippen molar-refractivity contribution < 1.29 is 9.53 Å². The number of ether oxygens (including phenoxy) is 1. The summed E-state index contributed by atoms with van der Waals surface area (Å²) in [6.07, 6.45) is 1.75. The third kappa shape index (κ3) is 3.93. The molecule has 1 saturated carbocycles. The maximum Gasteiger partial charge on any atom is 0.266 e. The van der Waals surface area contributed by atoms with Gasteiger partial charge in [0.1, 0.15) is 10.8 Å². The zero-order valence-electron chi connectivity index (χ0n) is 14.5. The molecule has 1 aliphatic rings. The summed E-state index contributed by atoms with van der Waals surface area (Å²) in [5, 5.41) is 12.5. The van der Waals surface area contributed by atoms with Crippen molar-refractivity contribution in [3.63, 3.8) is 0 Å². The van der Waals surface area contributed by atoms with Crippen molar-refractivity contribution in [2.24, 2.45) is 0 Å². The zero-order valence-corrected chi connectivity index (χ0v) is 15.3. The number of hydrogen-bond donors (Lipinski definition) is 1. The lowest BCUT2D eigenvalue weighted by Gasteiger charge is -2.16. The molecule has 0 unspecified atom stereocenters. The van der Waals surface area contributed by atoms with Crippen molar-refractivity contribution in [1.82, 2.24) is 10.2 Å². The fraction of sp³-hybridized carbons (Fsp3) is 0.500. The van der Waals surface area contributed by atoms with Crippen molar-refractivity contribution in [3.05, 3.63) is 34.3 Å². The SMILES string of the molecule is Cc1cc(O[C@H](C)C(=O)Nc2nnc(C3CC3)s2)ccc1C(C)C. The van der Waals surface area contributed by atoms with E-state index in [-0.39, 0.29) is 5.91 Å². The van der Waals surface area contributed by atoms with Crippen molar-refractivity contribution in [1.29, 1.82) is 0 Å². The highest BCUT2D eigenvalue weighted by Gasteiger charge is 2.28. The van der Waals surface area contributed by atoms with Crippen LogP contribution in [0.2, 0.25) is 0 Å². The van der Waals surface area contributed by atoms with Crippen LogP contribution in [0.3, 0.4) is 0 Å². The Balaban J connectivity index is 1.59. The summed E-state index contributed by atoms with van der Waals surface area (Å²) >= 11 is 1.45. The van der Waals surface area contributed by atoms with Gasteiger partial charge in [-0.15, -0.1) is 10.2 Å². The highest BCUT2D eigenvalue weighted by Crippen LogP contribution is 2.42. The maximum absolute atomic E-state index is 12.3. The van der Waals surface area contributed by atoms with Gasteiger partial charge in [-0.05, 0) is 55.9 Å². The Morgan fingerprint density at radius 2 is 2.04 bits per heavy atom. The minimum absolute atomic E-state index is 0.209. The molecule has 6 heteroatoms. The first-order chi connectivity index (χ1) is 11.4. The van der Waals surface area contributed by atoms with Gasteiger partial charge in [-0.3, -0.25) is 10.1 Å². The van der Waals surface area contributed by atoms with Gasteiger partial charge in [-0.2, -0.15) is 0 Å². The standard InChI is InChI=1S/C18H23N3O2S/c1-10(2)15-8-7-14(9-11(15)3)23-12(4)16(22)19-18-21-20-17(24-18)13-5-6-13/h7-10,12-13H,5-6H2,1-4H3,(H,19,21,22)/t12-/m1/s1. The molecule has 0 spiro atoms. The molecule has 128 valence electrons. The van der Waals surface area contributed by atoms with E-state index < -0.39 is 6.10 Å². The van der Waals surface area contributed by atoms with Crippen LogP contribution >= 0.6 is 11.3 Å². The topological polar surface area (TPSA) is 64.1 Å². The largest absolute Gasteiger partial charge is 0.481 e. The first-order valence-corrected chi connectivity index (χ1v) is 9.17. The fourth-order valence-corrected chi connectivity index (χ4v) is 3.53. The van der Waals surface area contributed by atoms with Crippen LogP contribution in [-0.2, 0) is 4.79 Å². The first-order valence-electron chi connectivity index (χ1n) is 8.35. The molecular formula is C18H23N3O2S. The third-order valence-electron chi connectivity index (χ3n) is 4.14. The lowest BCUT2D eigenvalue weighted by atomic mass is 9.98. The summed E-state index contributed by atoms with van der Waals surface area (Å²) < 4.78 is 5.77. The second kappa shape index (κ2) is 6.89. The normalized spacial score (nSPS) is 15.4. The third-order valence-corrected chi connectivity index (χ3v) is 5.14. The van der Waals surface area contributed by atoms with Crippen molar-refractivity contribution in [2.45, 2.75) is 58.5 Å². The van der Waals surface area contributed by atoms with Gasteiger partial charge in [0.25, 0.3) is 5.91 Å². The van der Waals surface area contributed by atoms with Crippen LogP contribution in [0.4, 0.5) is 5.13 Å². The van der Waals surface area contributed by atoms with Crippen molar-refractivity contribution in [2.75, 3.05) is 5.32 Å². The number of carbonyl (C=O) groups excluding carboxylic acids is 1. The average molecular weight is 345 g/mol. The molecule has 0 aliphatic heterocycles. The second-order valence-electron chi connectivity index (χ2n) is 6.64. The smallest absolute Gasteiger partial charge is 0.266 e. The van der Waals surface area contributed by atoms with E-state index in [2.05, 4.69) is 42.4 Å². The van der Waals surface area contributed by atoms with Gasteiger partial charge in [0.15, 0.2) is 6.10 Å². The van der Waals surface area contributed by atoms with Gasteiger partial charge < -0.3 is 4.74 Å². The molecule has 1 amide bonds. The Kier molecular flexibility index (Phi) is 4.85. The highest BCUT2D eigenvalue weighted by atomic mass is 32.1. The van der Waals surface area contributed by atoms with Crippen LogP contribution in [0.5, 0.6) is 5.75 Å². The van der Waals surface area contributed by atoms with Crippen LogP contribution in [0.25, 0.3) is 0 Å². The molecule has 3 rings (SSSR count). The Morgan fingerprint density at radius 3 is 2.67 bits per heavy atom. The number of rotatable bonds is 6. The molecule has 2 aromatic rings. The van der Waals surface area contributed by atoms with E-state index in [4.69, 9.17) is 4.74 Å². The number of nitrogens with zero attached hydrogens (tertiary/aromatic N) is 2. The van der Waals surface area contributed by atoms with E-state index in [0.29, 0.717) is 22.7 Å². The number of hydrogen-bond acceptors (Lipinski definition) is 5. The number of aromatic nitrogens is 2. The average Bonchev–Trinajstić information content (AvgIpc) is 3.27. The summed E-state index contributed by atoms with van der Waals surface area (Å²) in [5.74, 6) is 1.51. The number of nitrogens with one attached hydrogen (secondary N) is 1. The van der Waals surface area contributed by atoms with Crippen molar-refractivity contribution in [3.8, 4) is 5.75 Å². The van der Waals surface area contributed by atoms with Crippen LogP contribution < -0.4 is 10.1 Å². The minimum atomic E-state index is -0.595. The van der Waals surface area contributed by atoms with Gasteiger partial charge in [-0.1, -0.05) is 31.3 Å². The van der Waals surface area contributed by atoms with Gasteiger partial charge in [0.05, 0.1) is 0 Å². The quantitative estimate of drug-likeness (QED) is 0.850. The van der Waals surface area contributed by atoms with E-state index in [0.717, 1.165) is 5.01 Å². The van der Waals surface area contributed by atoms with Gasteiger partial charge in [0.2, 0.25) is 5.13 Å². The molecule has 1 aromatic heterocycles. The Bertz CT molecular complexity index is 738. The number of amides is 1. The van der Waals surface area contributed by atoms with Crippen LogP contribution in [0.15, 0.2) is 18.2 Å². The summed E-state index contributed by atoms with van der Waals surface area (Å²) in [6.45, 7) is 8.13. The molecule has 1 aliphatic carbocycles. The van der Waals surface area contributed by atoms with Crippen molar-refractivity contribution >= 4 is 22.4 Å². The molecule has 0 radical (unpaired) electrons. The lowest BCUT2D eigenvalue weighted by Crippen LogP contribution is -2.30. The molecule has 1 N–H and O–H groups in total. The van der Waals surface area contributed by atoms with E-state index in [1.54, 1.807) is 6.92 Å². The predicted octanol–water partition coefficient (Wildman–Crippen LogP) is 4.25. The number of carbonyl (C=O) groups is 1. The lowest BCUT2D eigenvalue weighted by molar-refractivity contribution is -0.122. The monoisotopic (exact) mass is 345 g/mol. The molecular weight excluding hydrogens is 322 g/mol. The Labute approximate surface area is 146 Å². The molecule has 1 aromatic carbocycles. The molecule has 0 bridgehead atoms. The molecule has 24 heavy (non-hydrogen) atoms. The van der Waals surface area contributed by atoms with Gasteiger partial charge in [-0.25, -0.2) is 0 Å². The zero-order chi connectivity index (χ0) is 17.3. The number of anilines is 1. The second-order valence-corrected chi connectivity index (χ2v) is 7.65. The molecule has 1 atom stereocenters. The Morgan fingerprint density at radius 1 is 1.29 bits per heavy atom. The summed E-state index contributed by atoms with van der Waals surface area (Å²) in [6, 6.07) is 5.96. The van der Waals surface area contributed by atoms with Crippen LogP contribution in [0.1, 0.15) is 61.6 Å². The van der Waals surface area contributed by atoms with E-state index in [1.807, 2.05) is 12.1 Å². The van der Waals surface area contributed by atoms with Gasteiger partial charge >= 0.3 is 0 Å². The highest BCUT2D eigenvalue weighted by molar-refractivity contribution is 7.15. The van der Waals surface area contributed by atoms with E-state index >= 15 is 0 Å². The van der Waals surface area contributed by atoms with Gasteiger partial charge in [0, 0.05) is 5.92 Å². The first kappa shape index (κ1) is 16.9. The minimum Gasteiger partial charge on any atom is -0.481 e. The summed E-state index contributed by atoms with van der Waals surface area (Å²) in [7, 11) is 0. The molecule has 5 nitrogen and oxygen atoms in total. The van der Waals surface area contributed by atoms with E-state index in [9.17, 15) is 4.79 Å². The number of aryl methyl sites for hydroxylation is 1. The van der Waals surface area contributed by atoms with E-state index in [1.165, 1.54) is 35.3 Å².